The molecule has 2 rings (SSSR count). The van der Waals surface area contributed by atoms with Crippen LogP contribution >= 0.6 is 0 Å². The van der Waals surface area contributed by atoms with Crippen LogP contribution in [-0.4, -0.2) is 34.2 Å². The van der Waals surface area contributed by atoms with E-state index in [1.54, 1.807) is 20.8 Å². The monoisotopic (exact) mass is 330 g/mol. The minimum absolute atomic E-state index is 0.00374. The number of nitrogens with one attached hydrogen (secondary N) is 1. The number of anilines is 1. The van der Waals surface area contributed by atoms with E-state index in [1.165, 1.54) is 0 Å². The molecule has 0 radical (unpaired) electrons. The Labute approximate surface area is 141 Å². The van der Waals surface area contributed by atoms with Crippen molar-refractivity contribution in [3.63, 3.8) is 0 Å². The molecule has 128 valence electrons. The molecule has 0 unspecified atom stereocenters. The van der Waals surface area contributed by atoms with E-state index in [9.17, 15) is 14.7 Å². The molecule has 0 saturated carbocycles. The summed E-state index contributed by atoms with van der Waals surface area (Å²) in [7, 11) is 0. The topological polar surface area (TPSA) is 78.9 Å². The number of imide groups is 1. The number of nitrogens with zero attached hydrogens (tertiary/aromatic N) is 1. The number of hydrogen-bond donors (Lipinski definition) is 2. The van der Waals surface area contributed by atoms with E-state index in [-0.39, 0.29) is 30.0 Å². The zero-order chi connectivity index (χ0) is 17.9. The third kappa shape index (κ3) is 4.16. The summed E-state index contributed by atoms with van der Waals surface area (Å²) in [4.78, 5) is 25.8. The zero-order valence-electron chi connectivity index (χ0n) is 14.1. The first-order valence-corrected chi connectivity index (χ1v) is 7.67. The molecule has 0 aliphatic carbocycles. The molecule has 0 atom stereocenters. The number of carbonyl (C=O) groups excluding carboxylic acids is 2. The molecule has 0 bridgehead atoms. The average molecular weight is 330 g/mol. The first-order valence-electron chi connectivity index (χ1n) is 7.67. The van der Waals surface area contributed by atoms with Crippen LogP contribution < -0.4 is 5.32 Å². The Morgan fingerprint density at radius 1 is 1.29 bits per heavy atom. The van der Waals surface area contributed by atoms with Crippen molar-refractivity contribution in [2.24, 2.45) is 0 Å². The van der Waals surface area contributed by atoms with Crippen molar-refractivity contribution >= 4 is 17.7 Å². The van der Waals surface area contributed by atoms with Gasteiger partial charge < -0.3 is 15.2 Å². The molecule has 1 aromatic carbocycles. The molecule has 0 aromatic heterocycles. The van der Waals surface area contributed by atoms with Crippen LogP contribution in [0, 0.1) is 0 Å². The maximum atomic E-state index is 12.6. The molecule has 24 heavy (non-hydrogen) atoms. The largest absolute Gasteiger partial charge is 0.511 e. The molecule has 1 aliphatic rings. The Bertz CT molecular complexity index is 687. The van der Waals surface area contributed by atoms with Gasteiger partial charge >= 0.3 is 6.09 Å². The van der Waals surface area contributed by atoms with Crippen molar-refractivity contribution in [1.29, 1.82) is 0 Å². The van der Waals surface area contributed by atoms with Gasteiger partial charge in [-0.15, -0.1) is 0 Å². The van der Waals surface area contributed by atoms with Gasteiger partial charge in [-0.3, -0.25) is 4.79 Å². The molecule has 0 fully saturated rings. The lowest BCUT2D eigenvalue weighted by molar-refractivity contribution is -0.127. The highest BCUT2D eigenvalue weighted by Crippen LogP contribution is 2.25. The Kier molecular flexibility index (Phi) is 4.97. The Balaban J connectivity index is 2.18. The molecule has 6 heteroatoms. The van der Waals surface area contributed by atoms with Gasteiger partial charge in [0.2, 0.25) is 0 Å². The fraction of sp³-hybridized carbons (Fsp3) is 0.333. The summed E-state index contributed by atoms with van der Waals surface area (Å²) < 4.78 is 5.24. The maximum Gasteiger partial charge on any atom is 0.417 e. The summed E-state index contributed by atoms with van der Waals surface area (Å²) in [5.74, 6) is -0.713. The highest BCUT2D eigenvalue weighted by molar-refractivity contribution is 6.06. The molecule has 6 nitrogen and oxygen atoms in total. The summed E-state index contributed by atoms with van der Waals surface area (Å²) in [6.07, 6.45) is -0.569. The van der Waals surface area contributed by atoms with Crippen molar-refractivity contribution in [2.75, 3.05) is 11.9 Å². The third-order valence-corrected chi connectivity index (χ3v) is 3.30. The SMILES string of the molecule is C=C(Nc1ccccc1)C1=C(O)CCN(C(=O)OC(C)(C)C)C1=O. The van der Waals surface area contributed by atoms with Gasteiger partial charge in [0.25, 0.3) is 5.91 Å². The molecule has 1 aliphatic heterocycles. The number of rotatable bonds is 3. The van der Waals surface area contributed by atoms with Crippen molar-refractivity contribution in [2.45, 2.75) is 32.8 Å². The van der Waals surface area contributed by atoms with Crippen LogP contribution in [0.1, 0.15) is 27.2 Å². The van der Waals surface area contributed by atoms with Gasteiger partial charge in [0.05, 0.1) is 0 Å². The predicted molar refractivity (Wildman–Crippen MR) is 91.4 cm³/mol. The van der Waals surface area contributed by atoms with Crippen molar-refractivity contribution in [1.82, 2.24) is 4.90 Å². The van der Waals surface area contributed by atoms with E-state index in [1.807, 2.05) is 30.3 Å². The lowest BCUT2D eigenvalue weighted by Gasteiger charge is -2.30. The smallest absolute Gasteiger partial charge is 0.417 e. The Hall–Kier alpha value is -2.76. The first-order chi connectivity index (χ1) is 11.2. The first kappa shape index (κ1) is 17.6. The van der Waals surface area contributed by atoms with E-state index in [2.05, 4.69) is 11.9 Å². The van der Waals surface area contributed by atoms with Gasteiger partial charge in [-0.25, -0.2) is 9.69 Å². The van der Waals surface area contributed by atoms with Gasteiger partial charge in [-0.1, -0.05) is 24.8 Å². The van der Waals surface area contributed by atoms with Crippen LogP contribution in [-0.2, 0) is 9.53 Å². The molecule has 2 N–H and O–H groups in total. The molecule has 0 saturated heterocycles. The molecule has 1 heterocycles. The number of aliphatic hydroxyl groups excluding tert-OH is 1. The second-order valence-corrected chi connectivity index (χ2v) is 6.48. The van der Waals surface area contributed by atoms with Crippen LogP contribution in [0.4, 0.5) is 10.5 Å². The van der Waals surface area contributed by atoms with E-state index in [0.29, 0.717) is 0 Å². The van der Waals surface area contributed by atoms with Gasteiger partial charge in [0, 0.05) is 24.4 Å². The van der Waals surface area contributed by atoms with Crippen molar-refractivity contribution < 1.29 is 19.4 Å². The zero-order valence-corrected chi connectivity index (χ0v) is 14.1. The van der Waals surface area contributed by atoms with Crippen LogP contribution in [0.25, 0.3) is 0 Å². The van der Waals surface area contributed by atoms with Gasteiger partial charge in [0.1, 0.15) is 16.9 Å². The van der Waals surface area contributed by atoms with Gasteiger partial charge in [0.15, 0.2) is 0 Å². The summed E-state index contributed by atoms with van der Waals surface area (Å²) in [5, 5.41) is 13.1. The lowest BCUT2D eigenvalue weighted by atomic mass is 10.0. The maximum absolute atomic E-state index is 12.6. The van der Waals surface area contributed by atoms with Crippen LogP contribution in [0.15, 0.2) is 53.9 Å². The second-order valence-electron chi connectivity index (χ2n) is 6.48. The lowest BCUT2D eigenvalue weighted by Crippen LogP contribution is -2.45. The summed E-state index contributed by atoms with van der Waals surface area (Å²) in [6, 6.07) is 9.14. The normalized spacial score (nSPS) is 15.3. The van der Waals surface area contributed by atoms with E-state index in [4.69, 9.17) is 4.74 Å². The number of ether oxygens (including phenoxy) is 1. The molecule has 0 spiro atoms. The van der Waals surface area contributed by atoms with E-state index < -0.39 is 17.6 Å². The molecular weight excluding hydrogens is 308 g/mol. The third-order valence-electron chi connectivity index (χ3n) is 3.30. The highest BCUT2D eigenvalue weighted by Gasteiger charge is 2.35. The van der Waals surface area contributed by atoms with Gasteiger partial charge in [-0.2, -0.15) is 0 Å². The summed E-state index contributed by atoms with van der Waals surface area (Å²) in [6.45, 7) is 9.06. The highest BCUT2D eigenvalue weighted by atomic mass is 16.6. The van der Waals surface area contributed by atoms with E-state index >= 15 is 0 Å². The average Bonchev–Trinajstić information content (AvgIpc) is 2.46. The summed E-state index contributed by atoms with van der Waals surface area (Å²) in [5.41, 5.74) is 0.248. The number of para-hydroxylation sites is 1. The quantitative estimate of drug-likeness (QED) is 0.885. The van der Waals surface area contributed by atoms with Crippen molar-refractivity contribution in [3.05, 3.63) is 53.9 Å². The van der Waals surface area contributed by atoms with Crippen molar-refractivity contribution in [3.8, 4) is 0 Å². The number of amides is 2. The minimum atomic E-state index is -0.731. The second kappa shape index (κ2) is 6.78. The fourth-order valence-corrected chi connectivity index (χ4v) is 2.26. The van der Waals surface area contributed by atoms with Crippen LogP contribution in [0.5, 0.6) is 0 Å². The fourth-order valence-electron chi connectivity index (χ4n) is 2.26. The number of carbonyl (C=O) groups is 2. The van der Waals surface area contributed by atoms with Gasteiger partial charge in [-0.05, 0) is 32.9 Å². The molecule has 1 aromatic rings. The Morgan fingerprint density at radius 3 is 2.50 bits per heavy atom. The molecular formula is C18H22N2O4. The number of hydrogen-bond acceptors (Lipinski definition) is 5. The minimum Gasteiger partial charge on any atom is -0.511 e. The van der Waals surface area contributed by atoms with Crippen LogP contribution in [0.2, 0.25) is 0 Å². The predicted octanol–water partition coefficient (Wildman–Crippen LogP) is 3.59. The number of benzene rings is 1. The number of aliphatic hydroxyl groups is 1. The van der Waals surface area contributed by atoms with Crippen LogP contribution in [0.3, 0.4) is 0 Å². The summed E-state index contributed by atoms with van der Waals surface area (Å²) >= 11 is 0. The standard InChI is InChI=1S/C18H22N2O4/c1-12(19-13-8-6-5-7-9-13)15-14(21)10-11-20(16(15)22)17(23)24-18(2,3)4/h5-9,19,21H,1,10-11H2,2-4H3. The molecule has 2 amide bonds. The Morgan fingerprint density at radius 2 is 1.92 bits per heavy atom. The van der Waals surface area contributed by atoms with E-state index in [0.717, 1.165) is 10.6 Å².